The molecule has 5 nitrogen and oxygen atoms in total. The number of halogens is 1. The number of rotatable bonds is 2. The van der Waals surface area contributed by atoms with E-state index in [-0.39, 0.29) is 24.0 Å². The minimum Gasteiger partial charge on any atom is -0.349 e. The highest BCUT2D eigenvalue weighted by Gasteiger charge is 2.34. The average Bonchev–Trinajstić information content (AvgIpc) is 2.55. The number of aryl methyl sites for hydroxylation is 1. The Labute approximate surface area is 158 Å². The van der Waals surface area contributed by atoms with Crippen molar-refractivity contribution in [3.05, 3.63) is 58.6 Å². The highest BCUT2D eigenvalue weighted by Crippen LogP contribution is 2.38. The summed E-state index contributed by atoms with van der Waals surface area (Å²) in [6.07, 6.45) is 0.652. The Balaban J connectivity index is 1.93. The summed E-state index contributed by atoms with van der Waals surface area (Å²) in [7, 11) is 0. The molecule has 0 aromatic heterocycles. The number of carbonyl (C=O) groups excluding carboxylic acids is 2. The van der Waals surface area contributed by atoms with Gasteiger partial charge in [0.2, 0.25) is 5.91 Å². The first-order valence-corrected chi connectivity index (χ1v) is 8.96. The molecule has 0 saturated carbocycles. The van der Waals surface area contributed by atoms with Gasteiger partial charge in [-0.05, 0) is 50.1 Å². The molecule has 136 valence electrons. The molecule has 0 saturated heterocycles. The van der Waals surface area contributed by atoms with Crippen molar-refractivity contribution in [2.45, 2.75) is 39.3 Å². The minimum atomic E-state index is -0.217. The third kappa shape index (κ3) is 3.83. The van der Waals surface area contributed by atoms with E-state index in [0.717, 1.165) is 16.8 Å². The van der Waals surface area contributed by atoms with Gasteiger partial charge in [0, 0.05) is 23.7 Å². The molecule has 1 heterocycles. The Hall–Kier alpha value is -2.53. The van der Waals surface area contributed by atoms with E-state index >= 15 is 0 Å². The van der Waals surface area contributed by atoms with E-state index in [4.69, 9.17) is 11.6 Å². The molecule has 2 atom stereocenters. The molecule has 2 N–H and O–H groups in total. The smallest absolute Gasteiger partial charge is 0.326 e. The Morgan fingerprint density at radius 3 is 2.65 bits per heavy atom. The third-order valence-corrected chi connectivity index (χ3v) is 4.74. The van der Waals surface area contributed by atoms with E-state index in [9.17, 15) is 9.59 Å². The van der Waals surface area contributed by atoms with Gasteiger partial charge in [-0.1, -0.05) is 35.4 Å². The van der Waals surface area contributed by atoms with Gasteiger partial charge in [-0.25, -0.2) is 4.79 Å². The normalized spacial score (nSPS) is 18.8. The van der Waals surface area contributed by atoms with Crippen LogP contribution in [0.2, 0.25) is 5.02 Å². The summed E-state index contributed by atoms with van der Waals surface area (Å²) in [5.74, 6) is -0.0773. The van der Waals surface area contributed by atoms with Gasteiger partial charge in [0.15, 0.2) is 0 Å². The van der Waals surface area contributed by atoms with Crippen LogP contribution < -0.4 is 15.5 Å². The first-order valence-electron chi connectivity index (χ1n) is 8.58. The first-order chi connectivity index (χ1) is 12.3. The van der Waals surface area contributed by atoms with Crippen molar-refractivity contribution in [2.24, 2.45) is 0 Å². The van der Waals surface area contributed by atoms with Crippen molar-refractivity contribution in [2.75, 3.05) is 10.2 Å². The molecule has 3 amide bonds. The Morgan fingerprint density at radius 1 is 1.19 bits per heavy atom. The monoisotopic (exact) mass is 371 g/mol. The van der Waals surface area contributed by atoms with Gasteiger partial charge in [0.1, 0.15) is 0 Å². The Bertz CT molecular complexity index is 853. The number of anilines is 2. The molecule has 0 fully saturated rings. The van der Waals surface area contributed by atoms with Gasteiger partial charge in [-0.3, -0.25) is 9.69 Å². The van der Waals surface area contributed by atoms with Crippen molar-refractivity contribution >= 4 is 34.9 Å². The number of carbonyl (C=O) groups is 2. The largest absolute Gasteiger partial charge is 0.349 e. The minimum absolute atomic E-state index is 0.0683. The Morgan fingerprint density at radius 2 is 1.96 bits per heavy atom. The summed E-state index contributed by atoms with van der Waals surface area (Å²) in [5, 5.41) is 6.47. The molecule has 26 heavy (non-hydrogen) atoms. The zero-order chi connectivity index (χ0) is 18.8. The summed E-state index contributed by atoms with van der Waals surface area (Å²) in [4.78, 5) is 26.3. The van der Waals surface area contributed by atoms with Gasteiger partial charge in [0.25, 0.3) is 0 Å². The number of hydrogen-bond donors (Lipinski definition) is 2. The quantitative estimate of drug-likeness (QED) is 0.806. The van der Waals surface area contributed by atoms with Crippen LogP contribution in [-0.4, -0.2) is 18.0 Å². The number of nitrogens with one attached hydrogen (secondary N) is 2. The lowest BCUT2D eigenvalue weighted by Crippen LogP contribution is -2.47. The highest BCUT2D eigenvalue weighted by molar-refractivity contribution is 6.30. The SMILES string of the molecule is CC(=O)N[C@@H]1C[C@H](C)N(C(=O)Nc2cccc(Cl)c2)c2ccc(C)cc21. The number of fused-ring (bicyclic) bond motifs is 1. The van der Waals surface area contributed by atoms with Gasteiger partial charge >= 0.3 is 6.03 Å². The molecule has 2 aromatic carbocycles. The molecule has 0 radical (unpaired) electrons. The molecule has 1 aliphatic heterocycles. The molecule has 2 aromatic rings. The van der Waals surface area contributed by atoms with Crippen LogP contribution in [0.25, 0.3) is 0 Å². The first kappa shape index (κ1) is 18.3. The summed E-state index contributed by atoms with van der Waals surface area (Å²) in [6.45, 7) is 5.49. The van der Waals surface area contributed by atoms with Crippen LogP contribution in [-0.2, 0) is 4.79 Å². The molecule has 0 aliphatic carbocycles. The third-order valence-electron chi connectivity index (χ3n) is 4.51. The predicted octanol–water partition coefficient (Wildman–Crippen LogP) is 4.66. The lowest BCUT2D eigenvalue weighted by Gasteiger charge is -2.39. The number of benzene rings is 2. The second kappa shape index (κ2) is 7.38. The lowest BCUT2D eigenvalue weighted by atomic mass is 9.90. The van der Waals surface area contributed by atoms with Gasteiger partial charge in [0.05, 0.1) is 11.7 Å². The summed E-state index contributed by atoms with van der Waals surface area (Å²) < 4.78 is 0. The average molecular weight is 372 g/mol. The number of hydrogen-bond acceptors (Lipinski definition) is 2. The van der Waals surface area contributed by atoms with Crippen LogP contribution >= 0.6 is 11.6 Å². The van der Waals surface area contributed by atoms with Crippen molar-refractivity contribution in [3.63, 3.8) is 0 Å². The van der Waals surface area contributed by atoms with Crippen LogP contribution in [0.3, 0.4) is 0 Å². The maximum Gasteiger partial charge on any atom is 0.326 e. The predicted molar refractivity (Wildman–Crippen MR) is 105 cm³/mol. The summed E-state index contributed by atoms with van der Waals surface area (Å²) in [5.41, 5.74) is 3.50. The van der Waals surface area contributed by atoms with E-state index in [1.165, 1.54) is 6.92 Å². The van der Waals surface area contributed by atoms with E-state index in [1.54, 1.807) is 29.2 Å². The molecule has 0 spiro atoms. The van der Waals surface area contributed by atoms with Crippen LogP contribution in [0.1, 0.15) is 37.4 Å². The summed E-state index contributed by atoms with van der Waals surface area (Å²) >= 11 is 6.00. The lowest BCUT2D eigenvalue weighted by molar-refractivity contribution is -0.119. The maximum atomic E-state index is 13.0. The van der Waals surface area contributed by atoms with Crippen molar-refractivity contribution in [1.29, 1.82) is 0 Å². The van der Waals surface area contributed by atoms with E-state index in [2.05, 4.69) is 10.6 Å². The second-order valence-electron chi connectivity index (χ2n) is 6.71. The standard InChI is InChI=1S/C20H22ClN3O2/c1-12-7-8-19-17(9-12)18(22-14(3)25)10-13(2)24(19)20(26)23-16-6-4-5-15(21)11-16/h4-9,11,13,18H,10H2,1-3H3,(H,22,25)(H,23,26)/t13-,18+/m0/s1. The van der Waals surface area contributed by atoms with Gasteiger partial charge in [-0.2, -0.15) is 0 Å². The summed E-state index contributed by atoms with van der Waals surface area (Å²) in [6, 6.07) is 12.6. The van der Waals surface area contributed by atoms with Gasteiger partial charge in [-0.15, -0.1) is 0 Å². The fourth-order valence-electron chi connectivity index (χ4n) is 3.42. The van der Waals surface area contributed by atoms with E-state index < -0.39 is 0 Å². The molecular formula is C20H22ClN3O2. The topological polar surface area (TPSA) is 61.4 Å². The van der Waals surface area contributed by atoms with Crippen molar-refractivity contribution < 1.29 is 9.59 Å². The molecule has 6 heteroatoms. The van der Waals surface area contributed by atoms with Crippen molar-refractivity contribution in [3.8, 4) is 0 Å². The van der Waals surface area contributed by atoms with Gasteiger partial charge < -0.3 is 10.6 Å². The van der Waals surface area contributed by atoms with Crippen LogP contribution in [0, 0.1) is 6.92 Å². The number of nitrogens with zero attached hydrogens (tertiary/aromatic N) is 1. The molecule has 0 bridgehead atoms. The van der Waals surface area contributed by atoms with Crippen molar-refractivity contribution in [1.82, 2.24) is 5.32 Å². The molecule has 0 unspecified atom stereocenters. The fourth-order valence-corrected chi connectivity index (χ4v) is 3.62. The molecule has 1 aliphatic rings. The fraction of sp³-hybridized carbons (Fsp3) is 0.300. The zero-order valence-electron chi connectivity index (χ0n) is 15.0. The zero-order valence-corrected chi connectivity index (χ0v) is 15.8. The van der Waals surface area contributed by atoms with Crippen LogP contribution in [0.5, 0.6) is 0 Å². The van der Waals surface area contributed by atoms with Crippen LogP contribution in [0.15, 0.2) is 42.5 Å². The molecular weight excluding hydrogens is 350 g/mol. The maximum absolute atomic E-state index is 13.0. The van der Waals surface area contributed by atoms with E-state index in [0.29, 0.717) is 17.1 Å². The second-order valence-corrected chi connectivity index (χ2v) is 7.15. The number of urea groups is 1. The Kier molecular flexibility index (Phi) is 5.18. The van der Waals surface area contributed by atoms with Crippen LogP contribution in [0.4, 0.5) is 16.2 Å². The highest BCUT2D eigenvalue weighted by atomic mass is 35.5. The number of amides is 3. The van der Waals surface area contributed by atoms with E-state index in [1.807, 2.05) is 32.0 Å². The molecule has 3 rings (SSSR count).